The fourth-order valence-corrected chi connectivity index (χ4v) is 3.59. The number of likely N-dealkylation sites (tertiary alicyclic amines) is 1. The summed E-state index contributed by atoms with van der Waals surface area (Å²) in [5.74, 6) is 0.177. The Morgan fingerprint density at radius 2 is 2.17 bits per heavy atom. The molecule has 4 rings (SSSR count). The normalized spacial score (nSPS) is 22.8. The molecule has 0 unspecified atom stereocenters. The maximum atomic E-state index is 12.6. The number of piperidine rings is 1. The molecule has 2 aliphatic rings. The zero-order valence-electron chi connectivity index (χ0n) is 13.3. The Balaban J connectivity index is 1.39. The van der Waals surface area contributed by atoms with Gasteiger partial charge in [-0.25, -0.2) is 4.68 Å². The van der Waals surface area contributed by atoms with Crippen LogP contribution in [0.25, 0.3) is 0 Å². The molecule has 2 aliphatic heterocycles. The number of nitrogens with zero attached hydrogens (tertiary/aromatic N) is 4. The highest BCUT2D eigenvalue weighted by Gasteiger charge is 2.37. The lowest BCUT2D eigenvalue weighted by atomic mass is 9.99. The Labute approximate surface area is 145 Å². The van der Waals surface area contributed by atoms with Crippen molar-refractivity contribution >= 4 is 17.5 Å². The van der Waals surface area contributed by atoms with E-state index in [9.17, 15) is 4.79 Å². The van der Waals surface area contributed by atoms with E-state index >= 15 is 0 Å². The zero-order valence-corrected chi connectivity index (χ0v) is 14.0. The molecule has 126 valence electrons. The molecular formula is C17H19ClN4O2. The van der Waals surface area contributed by atoms with Crippen molar-refractivity contribution in [3.63, 3.8) is 0 Å². The first-order valence-electron chi connectivity index (χ1n) is 8.23. The second-order valence-corrected chi connectivity index (χ2v) is 6.78. The highest BCUT2D eigenvalue weighted by molar-refractivity contribution is 6.30. The van der Waals surface area contributed by atoms with Crippen LogP contribution in [0, 0.1) is 0 Å². The first kappa shape index (κ1) is 15.6. The molecule has 0 radical (unpaired) electrons. The first-order valence-corrected chi connectivity index (χ1v) is 8.61. The number of aromatic nitrogens is 3. The Kier molecular flexibility index (Phi) is 4.24. The van der Waals surface area contributed by atoms with Crippen LogP contribution in [-0.4, -0.2) is 45.0 Å². The molecule has 24 heavy (non-hydrogen) atoms. The number of carbonyl (C=O) groups excluding carboxylic acids is 1. The van der Waals surface area contributed by atoms with Gasteiger partial charge in [0.25, 0.3) is 0 Å². The Hall–Kier alpha value is -1.92. The average molecular weight is 347 g/mol. The van der Waals surface area contributed by atoms with Gasteiger partial charge in [-0.1, -0.05) is 28.9 Å². The van der Waals surface area contributed by atoms with E-state index in [1.165, 1.54) is 0 Å². The molecule has 2 aromatic rings. The van der Waals surface area contributed by atoms with Crippen molar-refractivity contribution in [2.75, 3.05) is 13.1 Å². The summed E-state index contributed by atoms with van der Waals surface area (Å²) in [6.07, 6.45) is 3.93. The van der Waals surface area contributed by atoms with E-state index in [1.54, 1.807) is 6.20 Å². The standard InChI is InChI=1S/C17H19ClN4O2/c18-13-4-1-12(2-5-13)3-6-17(23)21-8-7-16-15(10-21)22-14(11-24-16)9-19-20-22/h1-2,4-5,9,15-16H,3,6-8,10-11H2/t15-,16+/m0/s1. The van der Waals surface area contributed by atoms with Gasteiger partial charge in [-0.15, -0.1) is 5.10 Å². The van der Waals surface area contributed by atoms with Crippen molar-refractivity contribution in [2.45, 2.75) is 38.0 Å². The van der Waals surface area contributed by atoms with Crippen LogP contribution >= 0.6 is 11.6 Å². The average Bonchev–Trinajstić information content (AvgIpc) is 3.09. The second kappa shape index (κ2) is 6.53. The maximum absolute atomic E-state index is 12.6. The first-order chi connectivity index (χ1) is 11.7. The lowest BCUT2D eigenvalue weighted by Gasteiger charge is -2.41. The van der Waals surface area contributed by atoms with Crippen LogP contribution in [0.15, 0.2) is 30.5 Å². The molecule has 1 saturated heterocycles. The second-order valence-electron chi connectivity index (χ2n) is 6.34. The number of ether oxygens (including phenoxy) is 1. The van der Waals surface area contributed by atoms with Crippen LogP contribution in [0.2, 0.25) is 5.02 Å². The van der Waals surface area contributed by atoms with Gasteiger partial charge in [0.1, 0.15) is 0 Å². The van der Waals surface area contributed by atoms with E-state index in [2.05, 4.69) is 10.3 Å². The summed E-state index contributed by atoms with van der Waals surface area (Å²) >= 11 is 5.89. The van der Waals surface area contributed by atoms with Crippen LogP contribution in [-0.2, 0) is 22.6 Å². The molecule has 0 N–H and O–H groups in total. The molecule has 2 atom stereocenters. The van der Waals surface area contributed by atoms with E-state index in [-0.39, 0.29) is 18.1 Å². The van der Waals surface area contributed by atoms with Crippen LogP contribution in [0.4, 0.5) is 0 Å². The third-order valence-electron chi connectivity index (χ3n) is 4.82. The SMILES string of the molecule is O=C(CCc1ccc(Cl)cc1)N1CC[C@H]2OCc3cnnn3[C@H]2C1. The van der Waals surface area contributed by atoms with Crippen molar-refractivity contribution in [3.8, 4) is 0 Å². The van der Waals surface area contributed by atoms with Gasteiger partial charge >= 0.3 is 0 Å². The molecule has 0 spiro atoms. The number of hydrogen-bond donors (Lipinski definition) is 0. The number of fused-ring (bicyclic) bond motifs is 3. The molecular weight excluding hydrogens is 328 g/mol. The quantitative estimate of drug-likeness (QED) is 0.855. The number of rotatable bonds is 3. The van der Waals surface area contributed by atoms with Crippen LogP contribution in [0.5, 0.6) is 0 Å². The molecule has 0 bridgehead atoms. The van der Waals surface area contributed by atoms with E-state index in [4.69, 9.17) is 16.3 Å². The molecule has 3 heterocycles. The molecule has 7 heteroatoms. The van der Waals surface area contributed by atoms with Crippen molar-refractivity contribution in [1.82, 2.24) is 19.9 Å². The third kappa shape index (κ3) is 3.03. The van der Waals surface area contributed by atoms with Gasteiger partial charge in [-0.3, -0.25) is 4.79 Å². The summed E-state index contributed by atoms with van der Waals surface area (Å²) in [5.41, 5.74) is 2.11. The summed E-state index contributed by atoms with van der Waals surface area (Å²) < 4.78 is 7.81. The topological polar surface area (TPSA) is 60.3 Å². The van der Waals surface area contributed by atoms with Crippen LogP contribution in [0.1, 0.15) is 30.1 Å². The summed E-state index contributed by atoms with van der Waals surface area (Å²) in [4.78, 5) is 14.5. The van der Waals surface area contributed by atoms with Crippen molar-refractivity contribution in [2.24, 2.45) is 0 Å². The summed E-state index contributed by atoms with van der Waals surface area (Å²) in [6.45, 7) is 1.93. The number of carbonyl (C=O) groups is 1. The monoisotopic (exact) mass is 346 g/mol. The molecule has 0 aliphatic carbocycles. The van der Waals surface area contributed by atoms with Crippen molar-refractivity contribution in [1.29, 1.82) is 0 Å². The van der Waals surface area contributed by atoms with Gasteiger partial charge in [0.2, 0.25) is 5.91 Å². The van der Waals surface area contributed by atoms with Gasteiger partial charge < -0.3 is 9.64 Å². The number of amides is 1. The van der Waals surface area contributed by atoms with E-state index < -0.39 is 0 Å². The molecule has 0 saturated carbocycles. The summed E-state index contributed by atoms with van der Waals surface area (Å²) in [5, 5.41) is 8.86. The molecule has 1 aromatic heterocycles. The van der Waals surface area contributed by atoms with E-state index in [0.29, 0.717) is 24.6 Å². The zero-order chi connectivity index (χ0) is 16.5. The van der Waals surface area contributed by atoms with E-state index in [1.807, 2.05) is 33.8 Å². The van der Waals surface area contributed by atoms with Crippen molar-refractivity contribution < 1.29 is 9.53 Å². The number of halogens is 1. The molecule has 1 aromatic carbocycles. The minimum absolute atomic E-state index is 0.0736. The number of aryl methyl sites for hydroxylation is 1. The summed E-state index contributed by atoms with van der Waals surface area (Å²) in [6, 6.07) is 7.73. The largest absolute Gasteiger partial charge is 0.370 e. The van der Waals surface area contributed by atoms with Gasteiger partial charge in [0.15, 0.2) is 0 Å². The van der Waals surface area contributed by atoms with Crippen LogP contribution < -0.4 is 0 Å². The fourth-order valence-electron chi connectivity index (χ4n) is 3.47. The predicted molar refractivity (Wildman–Crippen MR) is 88.6 cm³/mol. The predicted octanol–water partition coefficient (Wildman–Crippen LogP) is 2.24. The van der Waals surface area contributed by atoms with Gasteiger partial charge in [-0.05, 0) is 30.5 Å². The smallest absolute Gasteiger partial charge is 0.222 e. The highest BCUT2D eigenvalue weighted by Crippen LogP contribution is 2.30. The van der Waals surface area contributed by atoms with Gasteiger partial charge in [0.05, 0.1) is 30.6 Å². The number of benzene rings is 1. The third-order valence-corrected chi connectivity index (χ3v) is 5.07. The molecule has 1 fully saturated rings. The van der Waals surface area contributed by atoms with E-state index in [0.717, 1.165) is 30.6 Å². The Bertz CT molecular complexity index is 730. The van der Waals surface area contributed by atoms with Crippen molar-refractivity contribution in [3.05, 3.63) is 46.7 Å². The Morgan fingerprint density at radius 3 is 3.00 bits per heavy atom. The van der Waals surface area contributed by atoms with Crippen LogP contribution in [0.3, 0.4) is 0 Å². The molecule has 1 amide bonds. The summed E-state index contributed by atoms with van der Waals surface area (Å²) in [7, 11) is 0. The fraction of sp³-hybridized carbons (Fsp3) is 0.471. The minimum atomic E-state index is 0.0736. The lowest BCUT2D eigenvalue weighted by molar-refractivity contribution is -0.138. The van der Waals surface area contributed by atoms with Gasteiger partial charge in [0, 0.05) is 24.5 Å². The molecule has 6 nitrogen and oxygen atoms in total. The van der Waals surface area contributed by atoms with Gasteiger partial charge in [-0.2, -0.15) is 0 Å². The number of hydrogen-bond acceptors (Lipinski definition) is 4. The Morgan fingerprint density at radius 1 is 1.33 bits per heavy atom. The highest BCUT2D eigenvalue weighted by atomic mass is 35.5. The lowest BCUT2D eigenvalue weighted by Crippen LogP contribution is -2.49. The minimum Gasteiger partial charge on any atom is -0.370 e. The maximum Gasteiger partial charge on any atom is 0.222 e.